The summed E-state index contributed by atoms with van der Waals surface area (Å²) in [5, 5.41) is 3.43. The Morgan fingerprint density at radius 1 is 1.43 bits per heavy atom. The van der Waals surface area contributed by atoms with Crippen LogP contribution in [0.2, 0.25) is 0 Å². The molecular weight excluding hydrogens is 299 g/mol. The largest absolute Gasteiger partial charge is 0.384 e. The minimum Gasteiger partial charge on any atom is -0.384 e. The number of rotatable bonds is 9. The van der Waals surface area contributed by atoms with E-state index in [2.05, 4.69) is 21.6 Å². The van der Waals surface area contributed by atoms with E-state index in [4.69, 9.17) is 21.7 Å². The predicted octanol–water partition coefficient (Wildman–Crippen LogP) is 2.57. The molecule has 0 aliphatic heterocycles. The third-order valence-electron chi connectivity index (χ3n) is 3.33. The van der Waals surface area contributed by atoms with E-state index in [1.807, 2.05) is 12.1 Å². The third kappa shape index (κ3) is 5.37. The second-order valence-electron chi connectivity index (χ2n) is 4.86. The van der Waals surface area contributed by atoms with Crippen LogP contribution in [0, 0.1) is 0 Å². The topological polar surface area (TPSA) is 122 Å². The number of methoxy groups -OCH3 is 1. The summed E-state index contributed by atoms with van der Waals surface area (Å²) in [5.41, 5.74) is 21.3. The Labute approximate surface area is 134 Å². The molecule has 0 saturated carbocycles. The van der Waals surface area contributed by atoms with Crippen LogP contribution >= 0.6 is 0 Å². The number of nitrogens with two attached hydrogens (primary N) is 2. The Bertz CT molecular complexity index is 582. The Kier molecular flexibility index (Phi) is 7.76. The van der Waals surface area contributed by atoms with Crippen LogP contribution in [0.5, 0.6) is 0 Å². The van der Waals surface area contributed by atoms with Crippen molar-refractivity contribution >= 4 is 6.21 Å². The van der Waals surface area contributed by atoms with Crippen LogP contribution < -0.4 is 11.5 Å². The first-order valence-electron chi connectivity index (χ1n) is 6.98. The highest BCUT2D eigenvalue weighted by Crippen LogP contribution is 2.25. The second kappa shape index (κ2) is 9.58. The molecule has 4 N–H and O–H groups in total. The summed E-state index contributed by atoms with van der Waals surface area (Å²) in [6.45, 7) is 3.05. The number of hydrogen-bond donors (Lipinski definition) is 2. The molecule has 0 aliphatic rings. The normalized spacial score (nSPS) is 14.9. The molecule has 0 radical (unpaired) electrons. The Hall–Kier alpha value is -2.41. The van der Waals surface area contributed by atoms with Gasteiger partial charge in [0.25, 0.3) is 0 Å². The van der Waals surface area contributed by atoms with Crippen molar-refractivity contribution < 1.29 is 9.13 Å². The van der Waals surface area contributed by atoms with Crippen LogP contribution in [-0.2, 0) is 4.74 Å². The van der Waals surface area contributed by atoms with Gasteiger partial charge < -0.3 is 16.2 Å². The van der Waals surface area contributed by atoms with E-state index in [1.165, 1.54) is 7.11 Å². The van der Waals surface area contributed by atoms with Crippen LogP contribution in [0.1, 0.15) is 23.1 Å². The molecule has 0 aromatic heterocycles. The number of alkyl halides is 1. The molecule has 1 rings (SSSR count). The number of ether oxygens (including phenoxy) is 1. The molecule has 0 amide bonds. The van der Waals surface area contributed by atoms with Gasteiger partial charge >= 0.3 is 0 Å². The number of hydrogen-bond acceptors (Lipinski definition) is 5. The zero-order chi connectivity index (χ0) is 17.2. The average molecular weight is 320 g/mol. The molecule has 7 nitrogen and oxygen atoms in total. The summed E-state index contributed by atoms with van der Waals surface area (Å²) >= 11 is 0. The molecule has 0 saturated heterocycles. The van der Waals surface area contributed by atoms with Crippen molar-refractivity contribution in [3.8, 4) is 0 Å². The van der Waals surface area contributed by atoms with Gasteiger partial charge in [-0.1, -0.05) is 36.0 Å². The maximum atomic E-state index is 13.0. The van der Waals surface area contributed by atoms with Gasteiger partial charge in [-0.15, -0.1) is 0 Å². The molecule has 1 aromatic rings. The van der Waals surface area contributed by atoms with Gasteiger partial charge in [0.2, 0.25) is 0 Å². The lowest BCUT2D eigenvalue weighted by Crippen LogP contribution is -2.20. The first-order valence-corrected chi connectivity index (χ1v) is 6.98. The molecule has 0 fully saturated rings. The lowest BCUT2D eigenvalue weighted by molar-refractivity contribution is 0.0722. The van der Waals surface area contributed by atoms with E-state index in [0.29, 0.717) is 12.1 Å². The summed E-state index contributed by atoms with van der Waals surface area (Å²) in [6.07, 6.45) is 0.980. The molecule has 1 unspecified atom stereocenters. The van der Waals surface area contributed by atoms with Gasteiger partial charge in [-0.3, -0.25) is 4.39 Å². The summed E-state index contributed by atoms with van der Waals surface area (Å²) in [7, 11) is 1.44. The maximum absolute atomic E-state index is 13.0. The molecule has 8 heteroatoms. The Morgan fingerprint density at radius 3 is 2.48 bits per heavy atom. The zero-order valence-electron chi connectivity index (χ0n) is 13.0. The summed E-state index contributed by atoms with van der Waals surface area (Å²) < 4.78 is 18.3. The number of halogens is 1. The van der Waals surface area contributed by atoms with E-state index in [1.54, 1.807) is 18.3 Å². The van der Waals surface area contributed by atoms with Crippen LogP contribution in [-0.4, -0.2) is 32.6 Å². The molecular formula is C15H21FN6O. The van der Waals surface area contributed by atoms with Crippen LogP contribution in [0.3, 0.4) is 0 Å². The fourth-order valence-electron chi connectivity index (χ4n) is 2.16. The summed E-state index contributed by atoms with van der Waals surface area (Å²) in [6, 6.07) is 6.34. The van der Waals surface area contributed by atoms with Gasteiger partial charge in [-0.2, -0.15) is 0 Å². The monoisotopic (exact) mass is 320 g/mol. The van der Waals surface area contributed by atoms with Crippen molar-refractivity contribution in [2.75, 3.05) is 20.3 Å². The molecule has 0 bridgehead atoms. The lowest BCUT2D eigenvalue weighted by atomic mass is 9.96. The van der Waals surface area contributed by atoms with Gasteiger partial charge in [0.05, 0.1) is 12.1 Å². The van der Waals surface area contributed by atoms with Crippen molar-refractivity contribution in [2.24, 2.45) is 21.6 Å². The molecule has 0 aliphatic carbocycles. The minimum absolute atomic E-state index is 0.112. The molecule has 1 aromatic carbocycles. The van der Waals surface area contributed by atoms with E-state index < -0.39 is 18.8 Å². The van der Waals surface area contributed by atoms with E-state index in [-0.39, 0.29) is 11.7 Å². The van der Waals surface area contributed by atoms with Gasteiger partial charge in [-0.25, -0.2) is 4.99 Å². The van der Waals surface area contributed by atoms with Gasteiger partial charge in [-0.05, 0) is 16.7 Å². The minimum atomic E-state index is -0.914. The van der Waals surface area contributed by atoms with Crippen molar-refractivity contribution in [1.29, 1.82) is 0 Å². The van der Waals surface area contributed by atoms with Crippen LogP contribution in [0.4, 0.5) is 4.39 Å². The Balaban J connectivity index is 3.01. The quantitative estimate of drug-likeness (QED) is 0.314. The molecule has 124 valence electrons. The summed E-state index contributed by atoms with van der Waals surface area (Å²) in [4.78, 5) is 6.61. The van der Waals surface area contributed by atoms with E-state index >= 15 is 0 Å². The average Bonchev–Trinajstić information content (AvgIpc) is 2.56. The van der Waals surface area contributed by atoms with Crippen LogP contribution in [0.25, 0.3) is 10.4 Å². The first kappa shape index (κ1) is 18.6. The van der Waals surface area contributed by atoms with Crippen molar-refractivity contribution in [3.63, 3.8) is 0 Å². The number of benzene rings is 1. The highest BCUT2D eigenvalue weighted by Gasteiger charge is 2.22. The fourth-order valence-corrected chi connectivity index (χ4v) is 2.16. The highest BCUT2D eigenvalue weighted by molar-refractivity contribution is 5.69. The third-order valence-corrected chi connectivity index (χ3v) is 3.33. The van der Waals surface area contributed by atoms with Crippen molar-refractivity contribution in [3.05, 3.63) is 58.2 Å². The smallest absolute Gasteiger partial charge is 0.115 e. The number of azide groups is 1. The predicted molar refractivity (Wildman–Crippen MR) is 88.7 cm³/mol. The van der Waals surface area contributed by atoms with Gasteiger partial charge in [0, 0.05) is 30.7 Å². The zero-order valence-corrected chi connectivity index (χ0v) is 13.0. The number of nitrogens with zero attached hydrogens (tertiary/aromatic N) is 4. The fraction of sp³-hybridized carbons (Fsp3) is 0.400. The standard InChI is InChI=1S/C15H21FN6O/c1-10(18)20-9-13(8-17)11-3-5-12(6-4-11)15(23-2)14(7-16)21-22-19/h3-6,9,13-15H,1,7-8,17-18H2,2H3/b20-9-/t13?,14-,15-/m1/s1. The molecule has 3 atom stereocenters. The highest BCUT2D eigenvalue weighted by atomic mass is 19.1. The number of aliphatic imine (C=N–C) groups is 1. The van der Waals surface area contributed by atoms with Crippen molar-refractivity contribution in [1.82, 2.24) is 0 Å². The maximum Gasteiger partial charge on any atom is 0.115 e. The first-order chi connectivity index (χ1) is 11.1. The van der Waals surface area contributed by atoms with Crippen LogP contribution in [0.15, 0.2) is 46.8 Å². The Morgan fingerprint density at radius 2 is 2.04 bits per heavy atom. The summed E-state index contributed by atoms with van der Waals surface area (Å²) in [5.74, 6) is 0.0964. The second-order valence-corrected chi connectivity index (χ2v) is 4.86. The van der Waals surface area contributed by atoms with Crippen molar-refractivity contribution in [2.45, 2.75) is 18.1 Å². The van der Waals surface area contributed by atoms with Gasteiger partial charge in [0.1, 0.15) is 12.5 Å². The van der Waals surface area contributed by atoms with E-state index in [9.17, 15) is 4.39 Å². The molecule has 0 heterocycles. The molecule has 23 heavy (non-hydrogen) atoms. The van der Waals surface area contributed by atoms with E-state index in [0.717, 1.165) is 5.56 Å². The SMILES string of the molecule is C=C(N)/N=C\C(CN)c1ccc([C@@H](OC)[C@@H](CF)N=[N+]=[N-])cc1. The molecule has 0 spiro atoms. The van der Waals surface area contributed by atoms with Gasteiger partial charge in [0.15, 0.2) is 0 Å². The lowest BCUT2D eigenvalue weighted by Gasteiger charge is -2.21.